The normalized spacial score (nSPS) is 11.1. The number of para-hydroxylation sites is 1. The molecule has 3 aromatic rings. The fraction of sp³-hybridized carbons (Fsp3) is 0.217. The number of nitrogens with one attached hydrogen (secondary N) is 1. The Bertz CT molecular complexity index is 988. The lowest BCUT2D eigenvalue weighted by molar-refractivity contribution is 0.102. The summed E-state index contributed by atoms with van der Waals surface area (Å²) in [5, 5.41) is 4.03. The first kappa shape index (κ1) is 18.6. The second-order valence-electron chi connectivity index (χ2n) is 6.35. The number of methoxy groups -OCH3 is 1. The van der Waals surface area contributed by atoms with Gasteiger partial charge >= 0.3 is 0 Å². The number of hydrogen-bond donors (Lipinski definition) is 1. The Labute approximate surface area is 159 Å². The molecule has 0 saturated carbocycles. The van der Waals surface area contributed by atoms with E-state index in [0.717, 1.165) is 28.5 Å². The Hall–Kier alpha value is -3.14. The molecule has 0 atom stereocenters. The van der Waals surface area contributed by atoms with Crippen molar-refractivity contribution in [3.63, 3.8) is 0 Å². The van der Waals surface area contributed by atoms with E-state index in [2.05, 4.69) is 29.4 Å². The second-order valence-corrected chi connectivity index (χ2v) is 6.35. The zero-order chi connectivity index (χ0) is 19.2. The summed E-state index contributed by atoms with van der Waals surface area (Å²) in [6.07, 6.45) is 7.61. The van der Waals surface area contributed by atoms with Crippen molar-refractivity contribution in [3.8, 4) is 5.75 Å². The van der Waals surface area contributed by atoms with Crippen molar-refractivity contribution in [2.45, 2.75) is 26.7 Å². The highest BCUT2D eigenvalue weighted by molar-refractivity contribution is 6.10. The van der Waals surface area contributed by atoms with Crippen molar-refractivity contribution in [1.29, 1.82) is 0 Å². The number of rotatable bonds is 6. The highest BCUT2D eigenvalue weighted by Crippen LogP contribution is 2.28. The summed E-state index contributed by atoms with van der Waals surface area (Å²) in [6, 6.07) is 13.5. The summed E-state index contributed by atoms with van der Waals surface area (Å²) in [6.45, 7) is 4.01. The van der Waals surface area contributed by atoms with E-state index in [1.54, 1.807) is 13.3 Å². The van der Waals surface area contributed by atoms with Crippen LogP contribution in [0.15, 0.2) is 60.8 Å². The number of allylic oxidation sites excluding steroid dienone is 2. The van der Waals surface area contributed by atoms with Gasteiger partial charge in [0.15, 0.2) is 0 Å². The van der Waals surface area contributed by atoms with Gasteiger partial charge in [0.05, 0.1) is 18.3 Å². The summed E-state index contributed by atoms with van der Waals surface area (Å²) in [7, 11) is 1.62. The number of nitrogens with zero attached hydrogens (tertiary/aromatic N) is 1. The molecule has 1 aromatic heterocycles. The fourth-order valence-corrected chi connectivity index (χ4v) is 3.22. The minimum absolute atomic E-state index is 0.149. The first-order valence-electron chi connectivity index (χ1n) is 9.12. The van der Waals surface area contributed by atoms with Crippen molar-refractivity contribution in [2.75, 3.05) is 12.4 Å². The molecule has 0 radical (unpaired) electrons. The van der Waals surface area contributed by atoms with Gasteiger partial charge in [-0.3, -0.25) is 9.78 Å². The third-order valence-corrected chi connectivity index (χ3v) is 4.57. The lowest BCUT2D eigenvalue weighted by Gasteiger charge is -2.15. The van der Waals surface area contributed by atoms with Crippen LogP contribution in [0.4, 0.5) is 5.69 Å². The maximum absolute atomic E-state index is 13.2. The number of carbonyl (C=O) groups is 1. The monoisotopic (exact) mass is 360 g/mol. The molecule has 0 aliphatic carbocycles. The molecule has 0 aliphatic rings. The van der Waals surface area contributed by atoms with Crippen LogP contribution in [-0.4, -0.2) is 18.0 Å². The van der Waals surface area contributed by atoms with Gasteiger partial charge in [0.1, 0.15) is 5.75 Å². The maximum Gasteiger partial charge on any atom is 0.256 e. The summed E-state index contributed by atoms with van der Waals surface area (Å²) in [5.41, 5.74) is 3.95. The van der Waals surface area contributed by atoms with E-state index in [9.17, 15) is 4.79 Å². The van der Waals surface area contributed by atoms with Gasteiger partial charge in [-0.2, -0.15) is 0 Å². The number of hydrogen-bond acceptors (Lipinski definition) is 3. The molecule has 0 aliphatic heterocycles. The highest BCUT2D eigenvalue weighted by Gasteiger charge is 2.18. The molecule has 0 spiro atoms. The van der Waals surface area contributed by atoms with E-state index in [0.29, 0.717) is 23.4 Å². The van der Waals surface area contributed by atoms with Gasteiger partial charge in [-0.25, -0.2) is 0 Å². The van der Waals surface area contributed by atoms with Crippen LogP contribution in [0.3, 0.4) is 0 Å². The minimum Gasteiger partial charge on any atom is -0.496 e. The summed E-state index contributed by atoms with van der Waals surface area (Å²) in [5.74, 6) is 0.559. The van der Waals surface area contributed by atoms with Gasteiger partial charge in [0.2, 0.25) is 0 Å². The molecule has 0 unspecified atom stereocenters. The average molecular weight is 360 g/mol. The number of fused-ring (bicyclic) bond motifs is 1. The Kier molecular flexibility index (Phi) is 5.87. The van der Waals surface area contributed by atoms with Gasteiger partial charge in [-0.05, 0) is 43.5 Å². The van der Waals surface area contributed by atoms with Crippen molar-refractivity contribution < 1.29 is 9.53 Å². The molecule has 0 bridgehead atoms. The second kappa shape index (κ2) is 8.49. The van der Waals surface area contributed by atoms with Crippen LogP contribution < -0.4 is 10.1 Å². The lowest BCUT2D eigenvalue weighted by atomic mass is 9.97. The molecule has 1 amide bonds. The maximum atomic E-state index is 13.2. The standard InChI is InChI=1S/C23H24N2O2/c1-4-5-6-9-17-13-14-20(27-3)16(2)21(17)23(26)25-19-12-7-10-18-11-8-15-24-22(18)19/h5-8,10-15H,4,9H2,1-3H3,(H,25,26)/b6-5+. The quantitative estimate of drug-likeness (QED) is 0.606. The largest absolute Gasteiger partial charge is 0.496 e. The Morgan fingerprint density at radius 1 is 1.15 bits per heavy atom. The molecular formula is C23H24N2O2. The summed E-state index contributed by atoms with van der Waals surface area (Å²) < 4.78 is 5.43. The number of ether oxygens (including phenoxy) is 1. The number of pyridine rings is 1. The molecule has 2 aromatic carbocycles. The van der Waals surface area contributed by atoms with Gasteiger partial charge in [-0.15, -0.1) is 0 Å². The van der Waals surface area contributed by atoms with Gasteiger partial charge in [0, 0.05) is 22.7 Å². The molecule has 4 heteroatoms. The Morgan fingerprint density at radius 3 is 2.74 bits per heavy atom. The topological polar surface area (TPSA) is 51.2 Å². The lowest BCUT2D eigenvalue weighted by Crippen LogP contribution is -2.17. The zero-order valence-electron chi connectivity index (χ0n) is 16.0. The molecule has 1 heterocycles. The van der Waals surface area contributed by atoms with Crippen molar-refractivity contribution in [3.05, 3.63) is 77.5 Å². The first-order valence-corrected chi connectivity index (χ1v) is 9.12. The smallest absolute Gasteiger partial charge is 0.256 e. The van der Waals surface area contributed by atoms with Crippen LogP contribution in [0.5, 0.6) is 5.75 Å². The molecule has 27 heavy (non-hydrogen) atoms. The average Bonchev–Trinajstić information content (AvgIpc) is 2.68. The molecular weight excluding hydrogens is 336 g/mol. The van der Waals surface area contributed by atoms with Crippen molar-refractivity contribution in [2.24, 2.45) is 0 Å². The van der Waals surface area contributed by atoms with Crippen LogP contribution >= 0.6 is 0 Å². The van der Waals surface area contributed by atoms with E-state index < -0.39 is 0 Å². The van der Waals surface area contributed by atoms with E-state index in [4.69, 9.17) is 4.74 Å². The molecule has 1 N–H and O–H groups in total. The molecule has 4 nitrogen and oxygen atoms in total. The molecule has 3 rings (SSSR count). The molecule has 0 fully saturated rings. The predicted octanol–water partition coefficient (Wildman–Crippen LogP) is 5.31. The number of anilines is 1. The fourth-order valence-electron chi connectivity index (χ4n) is 3.22. The number of carbonyl (C=O) groups excluding carboxylic acids is 1. The first-order chi connectivity index (χ1) is 13.2. The van der Waals surface area contributed by atoms with Crippen molar-refractivity contribution >= 4 is 22.5 Å². The van der Waals surface area contributed by atoms with Crippen LogP contribution in [-0.2, 0) is 6.42 Å². The third kappa shape index (κ3) is 4.00. The number of benzene rings is 2. The van der Waals surface area contributed by atoms with E-state index in [1.165, 1.54) is 0 Å². The summed E-state index contributed by atoms with van der Waals surface area (Å²) in [4.78, 5) is 17.6. The van der Waals surface area contributed by atoms with Gasteiger partial charge < -0.3 is 10.1 Å². The zero-order valence-corrected chi connectivity index (χ0v) is 16.0. The number of aromatic nitrogens is 1. The van der Waals surface area contributed by atoms with E-state index in [1.807, 2.05) is 49.4 Å². The van der Waals surface area contributed by atoms with E-state index >= 15 is 0 Å². The van der Waals surface area contributed by atoms with Crippen LogP contribution in [0.2, 0.25) is 0 Å². The summed E-state index contributed by atoms with van der Waals surface area (Å²) >= 11 is 0. The Morgan fingerprint density at radius 2 is 1.96 bits per heavy atom. The Balaban J connectivity index is 2.00. The minimum atomic E-state index is -0.149. The van der Waals surface area contributed by atoms with Gasteiger partial charge in [0.25, 0.3) is 5.91 Å². The van der Waals surface area contributed by atoms with E-state index in [-0.39, 0.29) is 5.91 Å². The van der Waals surface area contributed by atoms with Crippen LogP contribution in [0.1, 0.15) is 34.8 Å². The van der Waals surface area contributed by atoms with Crippen LogP contribution in [0.25, 0.3) is 10.9 Å². The molecule has 138 valence electrons. The SMILES string of the molecule is CC/C=C/Cc1ccc(OC)c(C)c1C(=O)Nc1cccc2cccnc12. The number of amides is 1. The molecule has 0 saturated heterocycles. The van der Waals surface area contributed by atoms with Gasteiger partial charge in [-0.1, -0.05) is 43.3 Å². The van der Waals surface area contributed by atoms with Crippen LogP contribution in [0, 0.1) is 6.92 Å². The predicted molar refractivity (Wildman–Crippen MR) is 111 cm³/mol. The highest BCUT2D eigenvalue weighted by atomic mass is 16.5. The van der Waals surface area contributed by atoms with Crippen molar-refractivity contribution in [1.82, 2.24) is 4.98 Å². The third-order valence-electron chi connectivity index (χ3n) is 4.57.